The first-order valence-corrected chi connectivity index (χ1v) is 6.97. The van der Waals surface area contributed by atoms with Crippen LogP contribution in [0.1, 0.15) is 0 Å². The molecule has 2 heterocycles. The summed E-state index contributed by atoms with van der Waals surface area (Å²) in [6.45, 7) is 0. The van der Waals surface area contributed by atoms with Crippen LogP contribution in [-0.4, -0.2) is 28.5 Å². The van der Waals surface area contributed by atoms with Gasteiger partial charge in [0.2, 0.25) is 5.78 Å². The molecule has 0 radical (unpaired) electrons. The number of rotatable bonds is 3. The quantitative estimate of drug-likeness (QED) is 0.836. The Balaban J connectivity index is 2.09. The summed E-state index contributed by atoms with van der Waals surface area (Å²) in [5.41, 5.74) is 0. The Bertz CT molecular complexity index is 405. The summed E-state index contributed by atoms with van der Waals surface area (Å²) >= 11 is 2.99. The van der Waals surface area contributed by atoms with E-state index in [1.165, 1.54) is 23.5 Å². The molecule has 0 saturated heterocycles. The number of carbonyl (C=O) groups excluding carboxylic acids is 1. The highest BCUT2D eigenvalue weighted by Crippen LogP contribution is 2.29. The van der Waals surface area contributed by atoms with Crippen molar-refractivity contribution in [3.05, 3.63) is 46.3 Å². The summed E-state index contributed by atoms with van der Waals surface area (Å²) in [4.78, 5) is 13.3. The fourth-order valence-electron chi connectivity index (χ4n) is 1.40. The zero-order chi connectivity index (χ0) is 11.4. The minimum absolute atomic E-state index is 0.191. The molecule has 0 aromatic rings. The van der Waals surface area contributed by atoms with E-state index in [1.807, 2.05) is 24.3 Å². The maximum absolute atomic E-state index is 11.9. The highest BCUT2D eigenvalue weighted by atomic mass is 32.2. The van der Waals surface area contributed by atoms with Gasteiger partial charge in [-0.15, -0.1) is 23.5 Å². The SMILES string of the molecule is O=C(C1=CC=CCS1)C(O)C1=CC=CCS1. The lowest BCUT2D eigenvalue weighted by atomic mass is 10.2. The van der Waals surface area contributed by atoms with Crippen LogP contribution < -0.4 is 0 Å². The summed E-state index contributed by atoms with van der Waals surface area (Å²) in [5, 5.41) is 9.94. The first-order chi connectivity index (χ1) is 7.79. The van der Waals surface area contributed by atoms with Crippen molar-refractivity contribution in [2.24, 2.45) is 0 Å². The van der Waals surface area contributed by atoms with Gasteiger partial charge in [0.25, 0.3) is 0 Å². The number of aliphatic hydroxyl groups excluding tert-OH is 1. The fraction of sp³-hybridized carbons (Fsp3) is 0.250. The van der Waals surface area contributed by atoms with Gasteiger partial charge in [0.1, 0.15) is 6.10 Å². The Morgan fingerprint density at radius 2 is 1.88 bits per heavy atom. The van der Waals surface area contributed by atoms with E-state index in [0.29, 0.717) is 4.91 Å². The molecule has 0 spiro atoms. The van der Waals surface area contributed by atoms with E-state index in [2.05, 4.69) is 0 Å². The van der Waals surface area contributed by atoms with Crippen LogP contribution in [0.25, 0.3) is 0 Å². The summed E-state index contributed by atoms with van der Waals surface area (Å²) in [6, 6.07) is 0. The second-order valence-electron chi connectivity index (χ2n) is 3.35. The summed E-state index contributed by atoms with van der Waals surface area (Å²) < 4.78 is 0. The van der Waals surface area contributed by atoms with E-state index < -0.39 is 6.10 Å². The maximum Gasteiger partial charge on any atom is 0.202 e. The Kier molecular flexibility index (Phi) is 4.09. The molecule has 0 aliphatic carbocycles. The van der Waals surface area contributed by atoms with Gasteiger partial charge in [-0.25, -0.2) is 0 Å². The van der Waals surface area contributed by atoms with Crippen molar-refractivity contribution in [1.82, 2.24) is 0 Å². The van der Waals surface area contributed by atoms with E-state index >= 15 is 0 Å². The average molecular weight is 252 g/mol. The van der Waals surface area contributed by atoms with Crippen LogP contribution >= 0.6 is 23.5 Å². The summed E-state index contributed by atoms with van der Waals surface area (Å²) in [5.74, 6) is 1.43. The van der Waals surface area contributed by atoms with Crippen molar-refractivity contribution < 1.29 is 9.90 Å². The molecule has 2 aliphatic heterocycles. The number of allylic oxidation sites excluding steroid dienone is 4. The topological polar surface area (TPSA) is 37.3 Å². The Labute approximate surface area is 103 Å². The highest BCUT2D eigenvalue weighted by molar-refractivity contribution is 8.04. The molecule has 2 nitrogen and oxygen atoms in total. The second-order valence-corrected chi connectivity index (χ2v) is 5.50. The Morgan fingerprint density at radius 3 is 2.44 bits per heavy atom. The zero-order valence-corrected chi connectivity index (χ0v) is 10.3. The van der Waals surface area contributed by atoms with Crippen molar-refractivity contribution >= 4 is 29.3 Å². The minimum Gasteiger partial charge on any atom is -0.380 e. The molecule has 1 atom stereocenters. The number of thioether (sulfide) groups is 2. The third kappa shape index (κ3) is 2.70. The molecule has 2 aliphatic rings. The highest BCUT2D eigenvalue weighted by Gasteiger charge is 2.24. The molecule has 0 saturated carbocycles. The van der Waals surface area contributed by atoms with Crippen LogP contribution in [0.15, 0.2) is 46.3 Å². The van der Waals surface area contributed by atoms with E-state index in [0.717, 1.165) is 16.4 Å². The molecule has 0 amide bonds. The molecule has 0 fully saturated rings. The Morgan fingerprint density at radius 1 is 1.19 bits per heavy atom. The van der Waals surface area contributed by atoms with E-state index in [9.17, 15) is 9.90 Å². The third-order valence-electron chi connectivity index (χ3n) is 2.22. The van der Waals surface area contributed by atoms with Crippen molar-refractivity contribution in [1.29, 1.82) is 0 Å². The summed E-state index contributed by atoms with van der Waals surface area (Å²) in [7, 11) is 0. The number of hydrogen-bond donors (Lipinski definition) is 1. The standard InChI is InChI=1S/C12H12O2S2/c13-11(9-5-1-3-7-15-9)12(14)10-6-2-4-8-16-10/h1-6,11,13H,7-8H2. The average Bonchev–Trinajstić information content (AvgIpc) is 2.39. The van der Waals surface area contributed by atoms with E-state index in [1.54, 1.807) is 12.2 Å². The van der Waals surface area contributed by atoms with E-state index in [-0.39, 0.29) is 5.78 Å². The van der Waals surface area contributed by atoms with Crippen molar-refractivity contribution in [3.8, 4) is 0 Å². The predicted molar refractivity (Wildman–Crippen MR) is 70.4 cm³/mol. The van der Waals surface area contributed by atoms with Gasteiger partial charge in [-0.05, 0) is 12.2 Å². The molecule has 0 bridgehead atoms. The van der Waals surface area contributed by atoms with Gasteiger partial charge in [0.05, 0.1) is 4.91 Å². The molecule has 0 aromatic carbocycles. The fourth-order valence-corrected chi connectivity index (χ4v) is 3.05. The van der Waals surface area contributed by atoms with Crippen LogP contribution in [0.4, 0.5) is 0 Å². The van der Waals surface area contributed by atoms with Gasteiger partial charge in [-0.2, -0.15) is 0 Å². The molecular formula is C12H12O2S2. The molecule has 84 valence electrons. The lowest BCUT2D eigenvalue weighted by Crippen LogP contribution is -2.23. The maximum atomic E-state index is 11.9. The first kappa shape index (κ1) is 11.8. The zero-order valence-electron chi connectivity index (χ0n) is 8.63. The number of ketones is 1. The van der Waals surface area contributed by atoms with E-state index in [4.69, 9.17) is 0 Å². The summed E-state index contributed by atoms with van der Waals surface area (Å²) in [6.07, 6.45) is 10.3. The normalized spacial score (nSPS) is 21.3. The van der Waals surface area contributed by atoms with Gasteiger partial charge in [-0.3, -0.25) is 4.79 Å². The minimum atomic E-state index is -1.000. The van der Waals surface area contributed by atoms with Crippen LogP contribution in [0.2, 0.25) is 0 Å². The molecule has 16 heavy (non-hydrogen) atoms. The van der Waals surface area contributed by atoms with Gasteiger partial charge in [-0.1, -0.05) is 24.3 Å². The molecule has 1 N–H and O–H groups in total. The lowest BCUT2D eigenvalue weighted by molar-refractivity contribution is -0.120. The predicted octanol–water partition coefficient (Wildman–Crippen LogP) is 2.29. The number of carbonyl (C=O) groups is 1. The van der Waals surface area contributed by atoms with Gasteiger partial charge in [0, 0.05) is 16.4 Å². The molecule has 4 heteroatoms. The number of aliphatic hydroxyl groups is 1. The van der Waals surface area contributed by atoms with Crippen LogP contribution in [0, 0.1) is 0 Å². The van der Waals surface area contributed by atoms with Gasteiger partial charge < -0.3 is 5.11 Å². The third-order valence-corrected chi connectivity index (χ3v) is 4.28. The molecule has 0 aromatic heterocycles. The van der Waals surface area contributed by atoms with Gasteiger partial charge in [0.15, 0.2) is 0 Å². The smallest absolute Gasteiger partial charge is 0.202 e. The largest absolute Gasteiger partial charge is 0.380 e. The van der Waals surface area contributed by atoms with Crippen LogP contribution in [0.5, 0.6) is 0 Å². The molecule has 1 unspecified atom stereocenters. The number of hydrogen-bond acceptors (Lipinski definition) is 4. The molecular weight excluding hydrogens is 240 g/mol. The van der Waals surface area contributed by atoms with Crippen molar-refractivity contribution in [3.63, 3.8) is 0 Å². The second kappa shape index (κ2) is 5.57. The van der Waals surface area contributed by atoms with Crippen LogP contribution in [0.3, 0.4) is 0 Å². The van der Waals surface area contributed by atoms with Crippen LogP contribution in [-0.2, 0) is 4.79 Å². The lowest BCUT2D eigenvalue weighted by Gasteiger charge is -2.16. The van der Waals surface area contributed by atoms with Gasteiger partial charge >= 0.3 is 0 Å². The Hall–Kier alpha value is -0.710. The monoisotopic (exact) mass is 252 g/mol. The van der Waals surface area contributed by atoms with Crippen molar-refractivity contribution in [2.75, 3.05) is 11.5 Å². The molecule has 2 rings (SSSR count). The first-order valence-electron chi connectivity index (χ1n) is 5.00. The van der Waals surface area contributed by atoms with Crippen molar-refractivity contribution in [2.45, 2.75) is 6.10 Å². The number of Topliss-reactive ketones (excluding diaryl/α,β-unsaturated/α-hetero) is 1.